The van der Waals surface area contributed by atoms with E-state index >= 15 is 0 Å². The predicted molar refractivity (Wildman–Crippen MR) is 130 cm³/mol. The molecule has 2 heterocycles. The first-order valence-corrected chi connectivity index (χ1v) is 11.8. The van der Waals surface area contributed by atoms with Gasteiger partial charge in [0.2, 0.25) is 0 Å². The van der Waals surface area contributed by atoms with E-state index in [0.717, 1.165) is 35.4 Å². The second kappa shape index (κ2) is 9.90. The van der Waals surface area contributed by atoms with Crippen molar-refractivity contribution >= 4 is 41.1 Å². The zero-order valence-electron chi connectivity index (χ0n) is 17.6. The summed E-state index contributed by atoms with van der Waals surface area (Å²) in [4.78, 5) is 15.3. The van der Waals surface area contributed by atoms with E-state index in [1.807, 2.05) is 12.1 Å². The molecule has 0 aliphatic carbocycles. The van der Waals surface area contributed by atoms with E-state index in [1.165, 1.54) is 65.1 Å². The Morgan fingerprint density at radius 2 is 1.67 bits per heavy atom. The quantitative estimate of drug-likeness (QED) is 0.280. The smallest absolute Gasteiger partial charge is 0.160 e. The third kappa shape index (κ3) is 4.73. The molecule has 3 aromatic rings. The van der Waals surface area contributed by atoms with Gasteiger partial charge in [0.1, 0.15) is 0 Å². The molecule has 154 valence electrons. The Morgan fingerprint density at radius 1 is 0.867 bits per heavy atom. The zero-order valence-corrected chi connectivity index (χ0v) is 18.5. The van der Waals surface area contributed by atoms with E-state index in [4.69, 9.17) is 0 Å². The lowest BCUT2D eigenvalue weighted by Crippen LogP contribution is -2.19. The lowest BCUT2D eigenvalue weighted by molar-refractivity contribution is 0.112. The van der Waals surface area contributed by atoms with Gasteiger partial charge in [-0.3, -0.25) is 4.79 Å². The number of carbonyl (C=O) groups is 1. The van der Waals surface area contributed by atoms with Crippen LogP contribution in [0.5, 0.6) is 0 Å². The van der Waals surface area contributed by atoms with Crippen LogP contribution in [-0.2, 0) is 12.8 Å². The van der Waals surface area contributed by atoms with E-state index < -0.39 is 0 Å². The second-order valence-electron chi connectivity index (χ2n) is 7.92. The van der Waals surface area contributed by atoms with Crippen LogP contribution in [0, 0.1) is 0 Å². The van der Waals surface area contributed by atoms with Crippen LogP contribution in [0.2, 0.25) is 0 Å². The number of anilines is 2. The average Bonchev–Trinajstić information content (AvgIpc) is 3.19. The van der Waals surface area contributed by atoms with Crippen molar-refractivity contribution in [3.63, 3.8) is 0 Å². The highest BCUT2D eigenvalue weighted by Gasteiger charge is 2.20. The highest BCUT2D eigenvalue weighted by Crippen LogP contribution is 2.37. The van der Waals surface area contributed by atoms with Crippen LogP contribution >= 0.6 is 11.3 Å². The molecule has 0 unspecified atom stereocenters. The first kappa shape index (κ1) is 20.6. The SMILES string of the molecule is CCCCCCN1c2ccccc2CCc2cc(/C=C/c3ccc(C=O)s3)ccc21. The minimum absolute atomic E-state index is 0.771. The number of thiophene rings is 1. The molecule has 0 spiro atoms. The van der Waals surface area contributed by atoms with E-state index in [1.54, 1.807) is 0 Å². The van der Waals surface area contributed by atoms with Crippen molar-refractivity contribution in [2.75, 3.05) is 11.4 Å². The van der Waals surface area contributed by atoms with Gasteiger partial charge >= 0.3 is 0 Å². The third-order valence-electron chi connectivity index (χ3n) is 5.78. The summed E-state index contributed by atoms with van der Waals surface area (Å²) in [6, 6.07) is 19.6. The summed E-state index contributed by atoms with van der Waals surface area (Å²) in [5.74, 6) is 0. The first-order chi connectivity index (χ1) is 14.8. The van der Waals surface area contributed by atoms with Gasteiger partial charge in [0.25, 0.3) is 0 Å². The van der Waals surface area contributed by atoms with Gasteiger partial charge in [0.15, 0.2) is 6.29 Å². The number of hydrogen-bond acceptors (Lipinski definition) is 3. The van der Waals surface area contributed by atoms with Crippen molar-refractivity contribution in [2.24, 2.45) is 0 Å². The summed E-state index contributed by atoms with van der Waals surface area (Å²) >= 11 is 1.53. The molecule has 0 amide bonds. The molecule has 0 radical (unpaired) electrons. The molecule has 3 heteroatoms. The van der Waals surface area contributed by atoms with Gasteiger partial charge in [-0.25, -0.2) is 0 Å². The van der Waals surface area contributed by atoms with Crippen molar-refractivity contribution in [2.45, 2.75) is 45.4 Å². The van der Waals surface area contributed by atoms with Gasteiger partial charge < -0.3 is 4.90 Å². The number of unbranched alkanes of at least 4 members (excludes halogenated alkanes) is 3. The van der Waals surface area contributed by atoms with Gasteiger partial charge in [0, 0.05) is 22.8 Å². The van der Waals surface area contributed by atoms with Crippen LogP contribution in [0.1, 0.15) is 63.8 Å². The molecule has 0 N–H and O–H groups in total. The fraction of sp³-hybridized carbons (Fsp3) is 0.296. The van der Waals surface area contributed by atoms with Crippen LogP contribution in [0.4, 0.5) is 11.4 Å². The number of aryl methyl sites for hydroxylation is 2. The molecule has 1 aliphatic heterocycles. The minimum atomic E-state index is 0.771. The van der Waals surface area contributed by atoms with Gasteiger partial charge in [0.05, 0.1) is 4.88 Å². The molecule has 0 saturated carbocycles. The molecule has 0 fully saturated rings. The molecule has 0 saturated heterocycles. The maximum absolute atomic E-state index is 10.9. The standard InChI is InChI=1S/C27H29NOS/c1-2-3-4-7-18-28-26-9-6-5-8-22(26)12-13-23-19-21(11-17-27(23)28)10-14-24-15-16-25(20-29)30-24/h5-6,8-11,14-17,19-20H,2-4,7,12-13,18H2,1H3/b14-10+. The normalized spacial score (nSPS) is 13.2. The number of nitrogens with zero attached hydrogens (tertiary/aromatic N) is 1. The summed E-state index contributed by atoms with van der Waals surface area (Å²) in [6.45, 7) is 3.34. The zero-order chi connectivity index (χ0) is 20.8. The van der Waals surface area contributed by atoms with Crippen molar-refractivity contribution in [3.05, 3.63) is 81.0 Å². The van der Waals surface area contributed by atoms with Crippen LogP contribution < -0.4 is 4.90 Å². The summed E-state index contributed by atoms with van der Waals surface area (Å²) in [5.41, 5.74) is 6.81. The average molecular weight is 416 g/mol. The number of aldehydes is 1. The molecule has 1 aliphatic rings. The number of benzene rings is 2. The highest BCUT2D eigenvalue weighted by molar-refractivity contribution is 7.14. The number of rotatable bonds is 8. The number of para-hydroxylation sites is 1. The molecule has 0 atom stereocenters. The summed E-state index contributed by atoms with van der Waals surface area (Å²) in [6.07, 6.45) is 12.4. The van der Waals surface area contributed by atoms with Crippen LogP contribution in [0.25, 0.3) is 12.2 Å². The highest BCUT2D eigenvalue weighted by atomic mass is 32.1. The number of carbonyl (C=O) groups excluding carboxylic acids is 1. The Kier molecular flexibility index (Phi) is 6.81. The van der Waals surface area contributed by atoms with E-state index in [0.29, 0.717) is 0 Å². The fourth-order valence-corrected chi connectivity index (χ4v) is 4.92. The predicted octanol–water partition coefficient (Wildman–Crippen LogP) is 7.55. The van der Waals surface area contributed by atoms with Crippen molar-refractivity contribution in [3.8, 4) is 0 Å². The monoisotopic (exact) mass is 415 g/mol. The third-order valence-corrected chi connectivity index (χ3v) is 6.76. The molecule has 30 heavy (non-hydrogen) atoms. The summed E-state index contributed by atoms with van der Waals surface area (Å²) in [5, 5.41) is 0. The Morgan fingerprint density at radius 3 is 2.50 bits per heavy atom. The molecular weight excluding hydrogens is 386 g/mol. The second-order valence-corrected chi connectivity index (χ2v) is 9.07. The topological polar surface area (TPSA) is 20.3 Å². The Labute approximate surface area is 183 Å². The lowest BCUT2D eigenvalue weighted by Gasteiger charge is -2.27. The molecule has 4 rings (SSSR count). The largest absolute Gasteiger partial charge is 0.341 e. The van der Waals surface area contributed by atoms with Crippen LogP contribution in [0.15, 0.2) is 54.6 Å². The lowest BCUT2D eigenvalue weighted by atomic mass is 10.0. The van der Waals surface area contributed by atoms with E-state index in [9.17, 15) is 4.79 Å². The first-order valence-electron chi connectivity index (χ1n) is 11.0. The van der Waals surface area contributed by atoms with Crippen molar-refractivity contribution in [1.29, 1.82) is 0 Å². The Balaban J connectivity index is 1.60. The number of hydrogen-bond donors (Lipinski definition) is 0. The summed E-state index contributed by atoms with van der Waals surface area (Å²) in [7, 11) is 0. The van der Waals surface area contributed by atoms with E-state index in [2.05, 4.69) is 66.4 Å². The number of fused-ring (bicyclic) bond motifs is 2. The molecule has 2 aromatic carbocycles. The van der Waals surface area contributed by atoms with E-state index in [-0.39, 0.29) is 0 Å². The Hall–Kier alpha value is -2.65. The molecule has 0 bridgehead atoms. The van der Waals surface area contributed by atoms with Gasteiger partial charge in [-0.15, -0.1) is 11.3 Å². The minimum Gasteiger partial charge on any atom is -0.341 e. The molecule has 2 nitrogen and oxygen atoms in total. The van der Waals surface area contributed by atoms with Gasteiger partial charge in [-0.05, 0) is 72.4 Å². The molecular formula is C27H29NOS. The van der Waals surface area contributed by atoms with Crippen LogP contribution in [0.3, 0.4) is 0 Å². The maximum Gasteiger partial charge on any atom is 0.160 e. The van der Waals surface area contributed by atoms with Crippen molar-refractivity contribution in [1.82, 2.24) is 0 Å². The summed E-state index contributed by atoms with van der Waals surface area (Å²) < 4.78 is 0. The van der Waals surface area contributed by atoms with Gasteiger partial charge in [-0.2, -0.15) is 0 Å². The van der Waals surface area contributed by atoms with Gasteiger partial charge in [-0.1, -0.05) is 56.5 Å². The molecule has 1 aromatic heterocycles. The Bertz CT molecular complexity index is 1030. The van der Waals surface area contributed by atoms with Crippen molar-refractivity contribution < 1.29 is 4.79 Å². The van der Waals surface area contributed by atoms with Crippen LogP contribution in [-0.4, -0.2) is 12.8 Å². The fourth-order valence-electron chi connectivity index (χ4n) is 4.19. The maximum atomic E-state index is 10.9.